The maximum absolute atomic E-state index is 13.3. The van der Waals surface area contributed by atoms with Gasteiger partial charge in [-0.15, -0.1) is 0 Å². The van der Waals surface area contributed by atoms with E-state index in [1.54, 1.807) is 19.1 Å². The highest BCUT2D eigenvalue weighted by Gasteiger charge is 2.45. The lowest BCUT2D eigenvalue weighted by atomic mass is 9.86. The van der Waals surface area contributed by atoms with E-state index >= 15 is 0 Å². The molecule has 2 aliphatic heterocycles. The van der Waals surface area contributed by atoms with E-state index in [0.717, 1.165) is 0 Å². The average molecular weight is 395 g/mol. The lowest BCUT2D eigenvalue weighted by Gasteiger charge is -2.31. The van der Waals surface area contributed by atoms with Crippen LogP contribution < -0.4 is 5.56 Å². The topological polar surface area (TPSA) is 102 Å². The molecule has 7 nitrogen and oxygen atoms in total. The Balaban J connectivity index is 1.82. The number of hydrogen-bond donors (Lipinski definition) is 2. The summed E-state index contributed by atoms with van der Waals surface area (Å²) >= 11 is 0. The molecule has 0 radical (unpaired) electrons. The molecule has 1 atom stereocenters. The molecular formula is C22H20N2O5. The average Bonchev–Trinajstić information content (AvgIpc) is 3.09. The molecule has 0 bridgehead atoms. The molecule has 0 saturated carbocycles. The third-order valence-electron chi connectivity index (χ3n) is 5.97. The minimum absolute atomic E-state index is 0.0159. The van der Waals surface area contributed by atoms with E-state index in [1.165, 1.54) is 16.7 Å². The smallest absolute Gasteiger partial charge is 0.343 e. The number of aliphatic hydroxyl groups is 1. The Kier molecular flexibility index (Phi) is 3.00. The standard InChI is InChI=1S/C22H20N2O5/c1-3-12-13-7-11(25)5-6-17(13)23-19-14(12)9-24-18(19)8-16-15(20(24)26)10-29-21(27)22(16,28)4-2/h5-8,25,28H,3-4,9-10H2,1-2H3/t22-/m1/s1/i1D3. The molecular weight excluding hydrogens is 372 g/mol. The molecule has 0 amide bonds. The van der Waals surface area contributed by atoms with Crippen molar-refractivity contribution in [1.29, 1.82) is 0 Å². The van der Waals surface area contributed by atoms with E-state index in [9.17, 15) is 19.8 Å². The van der Waals surface area contributed by atoms with Crippen molar-refractivity contribution >= 4 is 16.9 Å². The quantitative estimate of drug-likeness (QED) is 0.505. The summed E-state index contributed by atoms with van der Waals surface area (Å²) < 4.78 is 29.9. The molecule has 5 rings (SSSR count). The Hall–Kier alpha value is -3.19. The molecule has 0 spiro atoms. The first kappa shape index (κ1) is 14.8. The van der Waals surface area contributed by atoms with Crippen molar-refractivity contribution < 1.29 is 23.9 Å². The monoisotopic (exact) mass is 395 g/mol. The summed E-state index contributed by atoms with van der Waals surface area (Å²) in [5.74, 6) is -0.821. The van der Waals surface area contributed by atoms with Crippen LogP contribution in [0.15, 0.2) is 29.1 Å². The van der Waals surface area contributed by atoms with Crippen LogP contribution in [0, 0.1) is 0 Å². The van der Waals surface area contributed by atoms with Crippen LogP contribution in [0.4, 0.5) is 0 Å². The molecule has 0 unspecified atom stereocenters. The highest BCUT2D eigenvalue weighted by Crippen LogP contribution is 2.40. The van der Waals surface area contributed by atoms with Gasteiger partial charge in [-0.1, -0.05) is 13.8 Å². The molecule has 4 heterocycles. The number of hydrogen-bond acceptors (Lipinski definition) is 6. The van der Waals surface area contributed by atoms with E-state index in [1.807, 2.05) is 0 Å². The first-order valence-corrected chi connectivity index (χ1v) is 9.35. The predicted octanol–water partition coefficient (Wildman–Crippen LogP) is 2.35. The minimum Gasteiger partial charge on any atom is -0.508 e. The van der Waals surface area contributed by atoms with Gasteiger partial charge in [0.1, 0.15) is 12.4 Å². The normalized spacial score (nSPS) is 21.6. The van der Waals surface area contributed by atoms with Crippen LogP contribution in [0.2, 0.25) is 0 Å². The fraction of sp³-hybridized carbons (Fsp3) is 0.318. The number of phenols is 1. The van der Waals surface area contributed by atoms with Gasteiger partial charge in [-0.2, -0.15) is 0 Å². The van der Waals surface area contributed by atoms with Crippen LogP contribution >= 0.6 is 0 Å². The van der Waals surface area contributed by atoms with E-state index in [4.69, 9.17) is 8.85 Å². The molecule has 2 aliphatic rings. The first-order chi connectivity index (χ1) is 15.0. The number of benzene rings is 1. The summed E-state index contributed by atoms with van der Waals surface area (Å²) in [5.41, 5.74) is 0.425. The fourth-order valence-electron chi connectivity index (χ4n) is 4.35. The van der Waals surface area contributed by atoms with Gasteiger partial charge in [-0.3, -0.25) is 4.79 Å². The molecule has 148 valence electrons. The SMILES string of the molecule is [2H]C([2H])([2H])Cc1c2c(nc3ccc(O)cc13)-c1cc3c(c(=O)n1C2)COC(=O)[C@@]3(O)CC. The van der Waals surface area contributed by atoms with Crippen LogP contribution in [0.25, 0.3) is 22.3 Å². The fourth-order valence-corrected chi connectivity index (χ4v) is 4.35. The lowest BCUT2D eigenvalue weighted by Crippen LogP contribution is -2.44. The maximum Gasteiger partial charge on any atom is 0.343 e. The molecule has 1 aromatic carbocycles. The van der Waals surface area contributed by atoms with Gasteiger partial charge in [0.25, 0.3) is 5.56 Å². The number of ether oxygens (including phenoxy) is 1. The molecule has 2 aromatic heterocycles. The number of aromatic nitrogens is 2. The molecule has 0 aliphatic carbocycles. The minimum atomic E-state index is -2.28. The molecule has 29 heavy (non-hydrogen) atoms. The number of carbonyl (C=O) groups excluding carboxylic acids is 1. The Morgan fingerprint density at radius 3 is 2.90 bits per heavy atom. The van der Waals surface area contributed by atoms with Crippen molar-refractivity contribution in [2.45, 2.75) is 45.4 Å². The Labute approximate surface area is 170 Å². The van der Waals surface area contributed by atoms with E-state index < -0.39 is 24.0 Å². The van der Waals surface area contributed by atoms with Gasteiger partial charge in [-0.05, 0) is 42.7 Å². The van der Waals surface area contributed by atoms with Crippen LogP contribution in [0.3, 0.4) is 0 Å². The van der Waals surface area contributed by atoms with Gasteiger partial charge in [0.05, 0.1) is 29.0 Å². The number of nitrogens with zero attached hydrogens (tertiary/aromatic N) is 2. The van der Waals surface area contributed by atoms with Crippen LogP contribution in [0.5, 0.6) is 5.75 Å². The summed E-state index contributed by atoms with van der Waals surface area (Å²) in [5, 5.41) is 21.5. The Morgan fingerprint density at radius 2 is 2.14 bits per heavy atom. The summed E-state index contributed by atoms with van der Waals surface area (Å²) in [7, 11) is 0. The van der Waals surface area contributed by atoms with Crippen LogP contribution in [0.1, 0.15) is 46.6 Å². The zero-order valence-electron chi connectivity index (χ0n) is 18.7. The number of cyclic esters (lactones) is 1. The number of fused-ring (bicyclic) bond motifs is 5. The highest BCUT2D eigenvalue weighted by molar-refractivity contribution is 5.89. The predicted molar refractivity (Wildman–Crippen MR) is 106 cm³/mol. The van der Waals surface area contributed by atoms with Gasteiger partial charge < -0.3 is 19.5 Å². The van der Waals surface area contributed by atoms with Crippen molar-refractivity contribution in [1.82, 2.24) is 9.55 Å². The van der Waals surface area contributed by atoms with Crippen molar-refractivity contribution in [3.05, 3.63) is 56.9 Å². The third kappa shape index (κ3) is 2.25. The maximum atomic E-state index is 13.3. The van der Waals surface area contributed by atoms with Crippen molar-refractivity contribution in [3.8, 4) is 17.1 Å². The second kappa shape index (κ2) is 5.90. The number of aryl methyl sites for hydroxylation is 1. The van der Waals surface area contributed by atoms with Gasteiger partial charge in [-0.25, -0.2) is 9.78 Å². The van der Waals surface area contributed by atoms with Crippen molar-refractivity contribution in [2.75, 3.05) is 0 Å². The van der Waals surface area contributed by atoms with Crippen LogP contribution in [-0.4, -0.2) is 25.7 Å². The second-order valence-corrected chi connectivity index (χ2v) is 7.40. The molecule has 3 aromatic rings. The summed E-state index contributed by atoms with van der Waals surface area (Å²) in [4.78, 5) is 30.3. The summed E-state index contributed by atoms with van der Waals surface area (Å²) in [6.07, 6.45) is -0.232. The van der Waals surface area contributed by atoms with E-state index in [0.29, 0.717) is 33.4 Å². The number of esters is 1. The Bertz CT molecular complexity index is 1380. The van der Waals surface area contributed by atoms with Gasteiger partial charge >= 0.3 is 5.97 Å². The van der Waals surface area contributed by atoms with E-state index in [2.05, 4.69) is 4.98 Å². The van der Waals surface area contributed by atoms with E-state index in [-0.39, 0.29) is 42.9 Å². The zero-order chi connectivity index (χ0) is 23.0. The molecule has 7 heteroatoms. The van der Waals surface area contributed by atoms with Crippen molar-refractivity contribution in [2.24, 2.45) is 0 Å². The van der Waals surface area contributed by atoms with Gasteiger partial charge in [0, 0.05) is 20.6 Å². The number of phenolic OH excluding ortho intramolecular Hbond substituents is 1. The first-order valence-electron chi connectivity index (χ1n) is 10.8. The molecule has 2 N–H and O–H groups in total. The lowest BCUT2D eigenvalue weighted by molar-refractivity contribution is -0.172. The van der Waals surface area contributed by atoms with Crippen molar-refractivity contribution in [3.63, 3.8) is 0 Å². The Morgan fingerprint density at radius 1 is 1.31 bits per heavy atom. The second-order valence-electron chi connectivity index (χ2n) is 7.40. The number of rotatable bonds is 2. The number of aromatic hydroxyl groups is 1. The third-order valence-corrected chi connectivity index (χ3v) is 5.97. The van der Waals surface area contributed by atoms with Gasteiger partial charge in [0.2, 0.25) is 0 Å². The largest absolute Gasteiger partial charge is 0.508 e. The van der Waals surface area contributed by atoms with Crippen LogP contribution in [-0.2, 0) is 34.7 Å². The molecule has 0 fully saturated rings. The zero-order valence-corrected chi connectivity index (χ0v) is 15.7. The summed E-state index contributed by atoms with van der Waals surface area (Å²) in [6, 6.07) is 6.11. The number of carbonyl (C=O) groups is 1. The number of pyridine rings is 2. The molecule has 0 saturated heterocycles. The highest BCUT2D eigenvalue weighted by atomic mass is 16.6. The van der Waals surface area contributed by atoms with Gasteiger partial charge in [0.15, 0.2) is 5.60 Å². The summed E-state index contributed by atoms with van der Waals surface area (Å²) in [6.45, 7) is -0.798.